The summed E-state index contributed by atoms with van der Waals surface area (Å²) in [4.78, 5) is 14.8. The summed E-state index contributed by atoms with van der Waals surface area (Å²) in [5.74, 6) is -0.113. The molecular formula is C31H50ClN7O3. The van der Waals surface area contributed by atoms with Crippen LogP contribution >= 0.6 is 11.6 Å². The Morgan fingerprint density at radius 3 is 2.60 bits per heavy atom. The second-order valence-corrected chi connectivity index (χ2v) is 13.2. The molecular weight excluding hydrogens is 554 g/mol. The van der Waals surface area contributed by atoms with E-state index in [1.807, 2.05) is 32.0 Å². The maximum Gasteiger partial charge on any atom is 0.244 e. The number of hydrogen-bond acceptors (Lipinski definition) is 9. The van der Waals surface area contributed by atoms with Crippen LogP contribution in [0.1, 0.15) is 51.9 Å². The van der Waals surface area contributed by atoms with Crippen molar-refractivity contribution in [2.45, 2.75) is 99.7 Å². The molecule has 4 rings (SSSR count). The molecule has 0 aromatic rings. The van der Waals surface area contributed by atoms with Crippen LogP contribution in [0.15, 0.2) is 12.2 Å². The fourth-order valence-electron chi connectivity index (χ4n) is 7.26. The Labute approximate surface area is 256 Å². The number of carbonyl (C=O) groups is 1. The Bertz CT molecular complexity index is 985. The summed E-state index contributed by atoms with van der Waals surface area (Å²) < 4.78 is 12.4. The number of fused-ring (bicyclic) bond motifs is 1. The van der Waals surface area contributed by atoms with Crippen LogP contribution in [0.25, 0.3) is 0 Å². The van der Waals surface area contributed by atoms with Gasteiger partial charge in [-0.15, -0.1) is 11.6 Å². The molecule has 0 aromatic carbocycles. The lowest BCUT2D eigenvalue weighted by Gasteiger charge is -2.50. The Morgan fingerprint density at radius 2 is 1.88 bits per heavy atom. The molecule has 4 N–H and O–H groups in total. The van der Waals surface area contributed by atoms with Crippen LogP contribution in [0.5, 0.6) is 0 Å². The van der Waals surface area contributed by atoms with E-state index in [4.69, 9.17) is 21.1 Å². The number of hydrogen-bond donors (Lipinski definition) is 4. The Kier molecular flexibility index (Phi) is 12.9. The van der Waals surface area contributed by atoms with Gasteiger partial charge in [0.25, 0.3) is 0 Å². The predicted molar refractivity (Wildman–Crippen MR) is 163 cm³/mol. The second kappa shape index (κ2) is 16.4. The molecule has 0 bridgehead atoms. The zero-order chi connectivity index (χ0) is 30.1. The van der Waals surface area contributed by atoms with Gasteiger partial charge in [0.05, 0.1) is 54.2 Å². The summed E-state index contributed by atoms with van der Waals surface area (Å²) in [5, 5.41) is 33.6. The lowest BCUT2D eigenvalue weighted by Crippen LogP contribution is -2.66. The highest BCUT2D eigenvalue weighted by atomic mass is 35.5. The third-order valence-corrected chi connectivity index (χ3v) is 9.93. The topological polar surface area (TPSA) is 134 Å². The van der Waals surface area contributed by atoms with Crippen molar-refractivity contribution in [2.24, 2.45) is 17.8 Å². The molecule has 2 saturated carbocycles. The maximum atomic E-state index is 12.8. The van der Waals surface area contributed by atoms with Gasteiger partial charge in [0.1, 0.15) is 0 Å². The largest absolute Gasteiger partial charge is 0.376 e. The van der Waals surface area contributed by atoms with Gasteiger partial charge >= 0.3 is 0 Å². The Morgan fingerprint density at radius 1 is 1.07 bits per heavy atom. The van der Waals surface area contributed by atoms with E-state index in [1.165, 1.54) is 0 Å². The average Bonchev–Trinajstić information content (AvgIpc) is 2.97. The second-order valence-electron chi connectivity index (χ2n) is 12.7. The van der Waals surface area contributed by atoms with E-state index < -0.39 is 0 Å². The van der Waals surface area contributed by atoms with Gasteiger partial charge in [0.15, 0.2) is 0 Å². The van der Waals surface area contributed by atoms with Crippen LogP contribution in [0, 0.1) is 40.4 Å². The number of ether oxygens (including phenoxy) is 2. The molecule has 11 unspecified atom stereocenters. The van der Waals surface area contributed by atoms with Gasteiger partial charge in [0, 0.05) is 49.9 Å². The summed E-state index contributed by atoms with van der Waals surface area (Å²) >= 11 is 6.88. The summed E-state index contributed by atoms with van der Waals surface area (Å²) in [5.41, 5.74) is 0. The van der Waals surface area contributed by atoms with Crippen molar-refractivity contribution in [2.75, 3.05) is 46.9 Å². The molecule has 4 fully saturated rings. The smallest absolute Gasteiger partial charge is 0.244 e. The highest BCUT2D eigenvalue weighted by Gasteiger charge is 2.47. The van der Waals surface area contributed by atoms with Crippen molar-refractivity contribution in [1.82, 2.24) is 26.2 Å². The average molecular weight is 604 g/mol. The first-order valence-electron chi connectivity index (χ1n) is 15.8. The van der Waals surface area contributed by atoms with Crippen molar-refractivity contribution < 1.29 is 14.3 Å². The minimum absolute atomic E-state index is 0.00155. The fraction of sp³-hybridized carbons (Fsp3) is 0.839. The number of rotatable bonds is 11. The molecule has 1 amide bonds. The van der Waals surface area contributed by atoms with Crippen LogP contribution in [0.4, 0.5) is 0 Å². The predicted octanol–water partition coefficient (Wildman–Crippen LogP) is 1.91. The van der Waals surface area contributed by atoms with E-state index >= 15 is 0 Å². The number of likely N-dealkylation sites (N-methyl/N-ethyl adjacent to an activating group) is 1. The van der Waals surface area contributed by atoms with Crippen LogP contribution in [-0.2, 0) is 14.3 Å². The lowest BCUT2D eigenvalue weighted by molar-refractivity contribution is -0.120. The molecule has 10 nitrogen and oxygen atoms in total. The third-order valence-electron chi connectivity index (χ3n) is 9.47. The van der Waals surface area contributed by atoms with Crippen molar-refractivity contribution in [3.63, 3.8) is 0 Å². The molecule has 11 atom stereocenters. The molecule has 2 heterocycles. The molecule has 234 valence electrons. The normalized spacial score (nSPS) is 38.9. The number of alkyl halides is 1. The van der Waals surface area contributed by atoms with Gasteiger partial charge in [-0.1, -0.05) is 6.08 Å². The van der Waals surface area contributed by atoms with Gasteiger partial charge in [-0.3, -0.25) is 4.79 Å². The Balaban J connectivity index is 1.36. The van der Waals surface area contributed by atoms with Crippen molar-refractivity contribution >= 4 is 17.5 Å². The van der Waals surface area contributed by atoms with Crippen LogP contribution in [-0.4, -0.2) is 106 Å². The molecule has 2 aliphatic heterocycles. The zero-order valence-corrected chi connectivity index (χ0v) is 26.2. The van der Waals surface area contributed by atoms with E-state index in [-0.39, 0.29) is 71.5 Å². The highest BCUT2D eigenvalue weighted by Crippen LogP contribution is 2.36. The van der Waals surface area contributed by atoms with Gasteiger partial charge in [-0.05, 0) is 78.4 Å². The number of halogens is 1. The molecule has 0 spiro atoms. The van der Waals surface area contributed by atoms with Gasteiger partial charge < -0.3 is 35.6 Å². The third kappa shape index (κ3) is 8.89. The molecule has 42 heavy (non-hydrogen) atoms. The van der Waals surface area contributed by atoms with E-state index in [1.54, 1.807) is 6.08 Å². The van der Waals surface area contributed by atoms with E-state index in [2.05, 4.69) is 33.4 Å². The summed E-state index contributed by atoms with van der Waals surface area (Å²) in [6, 6.07) is 5.31. The first kappa shape index (κ1) is 33.1. The number of nitriles is 2. The summed E-state index contributed by atoms with van der Waals surface area (Å²) in [6.07, 6.45) is 9.36. The first-order chi connectivity index (χ1) is 20.3. The van der Waals surface area contributed by atoms with Crippen molar-refractivity contribution in [1.29, 1.82) is 10.5 Å². The van der Waals surface area contributed by atoms with E-state index in [9.17, 15) is 15.3 Å². The summed E-state index contributed by atoms with van der Waals surface area (Å²) in [6.45, 7) is 5.35. The number of nitrogens with zero attached hydrogens (tertiary/aromatic N) is 3. The molecule has 0 radical (unpaired) electrons. The fourth-order valence-corrected chi connectivity index (χ4v) is 7.67. The monoisotopic (exact) mass is 603 g/mol. The minimum atomic E-state index is -0.172. The van der Waals surface area contributed by atoms with Gasteiger partial charge in [-0.2, -0.15) is 10.5 Å². The number of carbonyl (C=O) groups excluding carboxylic acids is 1. The minimum Gasteiger partial charge on any atom is -0.376 e. The molecule has 2 saturated heterocycles. The first-order valence-corrected chi connectivity index (χ1v) is 16.3. The molecule has 2 aliphatic carbocycles. The van der Waals surface area contributed by atoms with Crippen molar-refractivity contribution in [3.05, 3.63) is 12.2 Å². The number of amides is 1. The quantitative estimate of drug-likeness (QED) is 0.206. The van der Waals surface area contributed by atoms with Crippen LogP contribution in [0.3, 0.4) is 0 Å². The van der Waals surface area contributed by atoms with E-state index in [0.717, 1.165) is 51.5 Å². The summed E-state index contributed by atoms with van der Waals surface area (Å²) in [7, 11) is 3.94. The van der Waals surface area contributed by atoms with Crippen LogP contribution < -0.4 is 21.3 Å². The molecule has 4 aliphatic rings. The van der Waals surface area contributed by atoms with Gasteiger partial charge in [0.2, 0.25) is 5.91 Å². The van der Waals surface area contributed by atoms with Crippen molar-refractivity contribution in [3.8, 4) is 12.1 Å². The lowest BCUT2D eigenvalue weighted by atomic mass is 9.69. The molecule has 0 aromatic heterocycles. The SMILES string of the molecule is CCOC1CC2NCC(C#N)C(NC3CCC(OCC4NCCCC4C#N)C(Cl)C3)C2CC1NC(=O)/C=C/CN(C)C. The number of piperidine rings is 2. The van der Waals surface area contributed by atoms with Gasteiger partial charge in [-0.25, -0.2) is 0 Å². The highest BCUT2D eigenvalue weighted by molar-refractivity contribution is 6.21. The standard InChI is InChI=1S/C31H50ClN7O3/c1-4-41-29-15-25-23(14-26(29)38-30(40)8-6-12-39(2)3)31(21(17-34)18-36-25)37-22-9-10-28(24(32)13-22)42-19-27-20(16-33)7-5-11-35-27/h6,8,20-29,31,35-37H,4-5,7,9-15,18-19H2,1-3H3,(H,38,40)/b8-6+. The molecule has 11 heteroatoms. The Hall–Kier alpha value is -1.76. The van der Waals surface area contributed by atoms with Crippen LogP contribution in [0.2, 0.25) is 0 Å². The zero-order valence-electron chi connectivity index (χ0n) is 25.4. The van der Waals surface area contributed by atoms with E-state index in [0.29, 0.717) is 26.3 Å². The number of nitrogens with one attached hydrogen (secondary N) is 4. The maximum absolute atomic E-state index is 12.8.